The van der Waals surface area contributed by atoms with Crippen molar-refractivity contribution in [3.63, 3.8) is 0 Å². The topological polar surface area (TPSA) is 46.5 Å². The Kier molecular flexibility index (Phi) is 5.59. The summed E-state index contributed by atoms with van der Waals surface area (Å²) in [5, 5.41) is 11.2. The second-order valence-electron chi connectivity index (χ2n) is 8.15. The maximum absolute atomic E-state index is 14.5. The third kappa shape index (κ3) is 3.81. The van der Waals surface area contributed by atoms with E-state index in [4.69, 9.17) is 27.9 Å². The van der Waals surface area contributed by atoms with Gasteiger partial charge in [0.25, 0.3) is 0 Å². The minimum Gasteiger partial charge on any atom is -0.508 e. The fraction of sp³-hybridized carbons (Fsp3) is 0.348. The van der Waals surface area contributed by atoms with E-state index in [9.17, 15) is 14.3 Å². The normalized spacial score (nSPS) is 18.3. The van der Waals surface area contributed by atoms with Gasteiger partial charge in [0.1, 0.15) is 22.8 Å². The molecule has 0 aromatic heterocycles. The second kappa shape index (κ2) is 7.42. The van der Waals surface area contributed by atoms with E-state index in [1.54, 1.807) is 45.9 Å². The molecule has 0 bridgehead atoms. The van der Waals surface area contributed by atoms with Crippen molar-refractivity contribution in [2.24, 2.45) is 0 Å². The number of benzene rings is 2. The van der Waals surface area contributed by atoms with Crippen LogP contribution in [0.1, 0.15) is 45.7 Å². The highest BCUT2D eigenvalue weighted by molar-refractivity contribution is 6.36. The highest BCUT2D eigenvalue weighted by Crippen LogP contribution is 2.42. The number of hydrogen-bond acceptors (Lipinski definition) is 3. The molecule has 29 heavy (non-hydrogen) atoms. The van der Waals surface area contributed by atoms with E-state index in [0.717, 1.165) is 5.56 Å². The first-order valence-corrected chi connectivity index (χ1v) is 10.1. The Morgan fingerprint density at radius 2 is 1.72 bits per heavy atom. The van der Waals surface area contributed by atoms with Crippen LogP contribution in [0, 0.1) is 5.82 Å². The molecule has 2 aromatic carbocycles. The van der Waals surface area contributed by atoms with Crippen LogP contribution in [-0.2, 0) is 16.0 Å². The Bertz CT molecular complexity index is 1020. The van der Waals surface area contributed by atoms with E-state index >= 15 is 0 Å². The van der Waals surface area contributed by atoms with Crippen LogP contribution in [0.15, 0.2) is 36.1 Å². The van der Waals surface area contributed by atoms with Crippen molar-refractivity contribution < 1.29 is 19.0 Å². The number of Topliss-reactive ketones (excluding diaryl/α,β-unsaturated/α-hetero) is 1. The van der Waals surface area contributed by atoms with Crippen LogP contribution >= 0.6 is 23.2 Å². The van der Waals surface area contributed by atoms with Gasteiger partial charge < -0.3 is 9.84 Å². The average Bonchev–Trinajstić information content (AvgIpc) is 2.59. The molecule has 3 nitrogen and oxygen atoms in total. The summed E-state index contributed by atoms with van der Waals surface area (Å²) in [5.74, 6) is -0.934. The number of rotatable bonds is 3. The molecule has 1 aliphatic heterocycles. The molecule has 0 aliphatic carbocycles. The summed E-state index contributed by atoms with van der Waals surface area (Å²) in [7, 11) is 0. The van der Waals surface area contributed by atoms with Crippen molar-refractivity contribution in [1.29, 1.82) is 0 Å². The Hall–Kier alpha value is -1.88. The lowest BCUT2D eigenvalue weighted by molar-refractivity contribution is -0.158. The molecule has 1 N–H and O–H groups in total. The van der Waals surface area contributed by atoms with Crippen molar-refractivity contribution >= 4 is 34.6 Å². The first-order chi connectivity index (χ1) is 13.4. The molecule has 0 saturated carbocycles. The van der Waals surface area contributed by atoms with Gasteiger partial charge in [-0.25, -0.2) is 4.39 Å². The van der Waals surface area contributed by atoms with E-state index in [1.807, 2.05) is 6.92 Å². The molecule has 0 spiro atoms. The van der Waals surface area contributed by atoms with E-state index in [1.165, 1.54) is 12.1 Å². The number of ether oxygens (including phenoxy) is 1. The van der Waals surface area contributed by atoms with E-state index < -0.39 is 17.0 Å². The number of aliphatic hydroxyl groups is 1. The first-order valence-electron chi connectivity index (χ1n) is 9.36. The molecule has 0 atom stereocenters. The number of ketones is 1. The zero-order valence-electron chi connectivity index (χ0n) is 17.0. The van der Waals surface area contributed by atoms with Gasteiger partial charge in [-0.2, -0.15) is 0 Å². The second-order valence-corrected chi connectivity index (χ2v) is 8.99. The van der Waals surface area contributed by atoms with Crippen LogP contribution in [-0.4, -0.2) is 22.1 Å². The van der Waals surface area contributed by atoms with Crippen molar-refractivity contribution in [1.82, 2.24) is 0 Å². The molecule has 0 radical (unpaired) electrons. The lowest BCUT2D eigenvalue weighted by Gasteiger charge is -2.40. The zero-order chi connectivity index (χ0) is 21.7. The predicted molar refractivity (Wildman–Crippen MR) is 115 cm³/mol. The van der Waals surface area contributed by atoms with Crippen LogP contribution < -0.4 is 0 Å². The standard InChI is InChI=1S/C23H23Cl2FO3/c1-6-12-9-13(18-16(25)10-14(24)11-17(18)26)7-8-15(12)19-20(27)22(2,3)29-23(4,5)21(19)28/h7-11,27H,6H2,1-5H3. The van der Waals surface area contributed by atoms with Gasteiger partial charge in [0.2, 0.25) is 0 Å². The maximum atomic E-state index is 14.5. The number of carbonyl (C=O) groups is 1. The van der Waals surface area contributed by atoms with E-state index in [0.29, 0.717) is 17.5 Å². The molecule has 3 rings (SSSR count). The monoisotopic (exact) mass is 436 g/mol. The Balaban J connectivity index is 2.22. The Morgan fingerprint density at radius 1 is 1.07 bits per heavy atom. The number of carbonyl (C=O) groups excluding carboxylic acids is 1. The number of aliphatic hydroxyl groups excluding tert-OH is 1. The summed E-state index contributed by atoms with van der Waals surface area (Å²) in [6, 6.07) is 7.90. The number of hydrogen-bond donors (Lipinski definition) is 1. The molecular formula is C23H23Cl2FO3. The molecule has 1 heterocycles. The first kappa shape index (κ1) is 21.8. The summed E-state index contributed by atoms with van der Waals surface area (Å²) in [5.41, 5.74) is 0.349. The summed E-state index contributed by atoms with van der Waals surface area (Å²) in [6.07, 6.45) is 0.571. The van der Waals surface area contributed by atoms with Gasteiger partial charge in [0, 0.05) is 10.6 Å². The molecular weight excluding hydrogens is 414 g/mol. The van der Waals surface area contributed by atoms with Crippen molar-refractivity contribution in [2.75, 3.05) is 0 Å². The third-order valence-corrected chi connectivity index (χ3v) is 5.66. The van der Waals surface area contributed by atoms with E-state index in [2.05, 4.69) is 0 Å². The van der Waals surface area contributed by atoms with Crippen LogP contribution in [0.5, 0.6) is 0 Å². The Morgan fingerprint density at radius 3 is 2.31 bits per heavy atom. The zero-order valence-corrected chi connectivity index (χ0v) is 18.5. The molecule has 0 unspecified atom stereocenters. The fourth-order valence-corrected chi connectivity index (χ4v) is 4.37. The highest BCUT2D eigenvalue weighted by Gasteiger charge is 2.47. The maximum Gasteiger partial charge on any atom is 0.198 e. The summed E-state index contributed by atoms with van der Waals surface area (Å²) >= 11 is 12.1. The van der Waals surface area contributed by atoms with Gasteiger partial charge in [0.05, 0.1) is 10.6 Å². The molecule has 0 fully saturated rings. The minimum absolute atomic E-state index is 0.111. The third-order valence-electron chi connectivity index (χ3n) is 5.14. The van der Waals surface area contributed by atoms with Gasteiger partial charge in [-0.05, 0) is 62.9 Å². The largest absolute Gasteiger partial charge is 0.508 e. The molecule has 0 amide bonds. The molecule has 2 aromatic rings. The lowest BCUT2D eigenvalue weighted by atomic mass is 9.81. The van der Waals surface area contributed by atoms with Gasteiger partial charge >= 0.3 is 0 Å². The number of halogens is 3. The fourth-order valence-electron chi connectivity index (χ4n) is 3.80. The summed E-state index contributed by atoms with van der Waals surface area (Å²) in [4.78, 5) is 13.1. The van der Waals surface area contributed by atoms with E-state index in [-0.39, 0.29) is 32.7 Å². The summed E-state index contributed by atoms with van der Waals surface area (Å²) < 4.78 is 20.3. The minimum atomic E-state index is -1.08. The van der Waals surface area contributed by atoms with Crippen LogP contribution in [0.25, 0.3) is 16.7 Å². The van der Waals surface area contributed by atoms with Crippen molar-refractivity contribution in [3.8, 4) is 11.1 Å². The molecule has 0 saturated heterocycles. The Labute approximate surface area is 180 Å². The van der Waals surface area contributed by atoms with Crippen LogP contribution in [0.3, 0.4) is 0 Å². The summed E-state index contributed by atoms with van der Waals surface area (Å²) in [6.45, 7) is 8.75. The van der Waals surface area contributed by atoms with Gasteiger partial charge in [0.15, 0.2) is 5.78 Å². The number of aryl methyl sites for hydroxylation is 1. The molecule has 1 aliphatic rings. The SMILES string of the molecule is CCc1cc(-c2c(F)cc(Cl)cc2Cl)ccc1C1=C(O)C(C)(C)OC(C)(C)C1=O. The molecule has 6 heteroatoms. The lowest BCUT2D eigenvalue weighted by Crippen LogP contribution is -2.49. The van der Waals surface area contributed by atoms with Crippen molar-refractivity contribution in [2.45, 2.75) is 52.2 Å². The van der Waals surface area contributed by atoms with Gasteiger partial charge in [-0.3, -0.25) is 4.79 Å². The van der Waals surface area contributed by atoms with Crippen LogP contribution in [0.2, 0.25) is 10.0 Å². The van der Waals surface area contributed by atoms with Gasteiger partial charge in [-0.15, -0.1) is 0 Å². The predicted octanol–water partition coefficient (Wildman–Crippen LogP) is 6.79. The quantitative estimate of drug-likeness (QED) is 0.575. The van der Waals surface area contributed by atoms with Gasteiger partial charge in [-0.1, -0.05) is 48.3 Å². The van der Waals surface area contributed by atoms with Crippen molar-refractivity contribution in [3.05, 3.63) is 63.1 Å². The average molecular weight is 437 g/mol. The smallest absolute Gasteiger partial charge is 0.198 e. The van der Waals surface area contributed by atoms with Crippen LogP contribution in [0.4, 0.5) is 4.39 Å². The molecule has 154 valence electrons. The highest BCUT2D eigenvalue weighted by atomic mass is 35.5.